The maximum absolute atomic E-state index is 9.12. The molecule has 2 aromatic carbocycles. The Hall–Kier alpha value is -2.70. The lowest BCUT2D eigenvalue weighted by Gasteiger charge is -2.04. The maximum atomic E-state index is 9.12. The van der Waals surface area contributed by atoms with E-state index >= 15 is 0 Å². The summed E-state index contributed by atoms with van der Waals surface area (Å²) >= 11 is 1.77. The smallest absolute Gasteiger partial charge is 0.0991 e. The standard InChI is InChI=1S/C19H12N2S/c20-12-13-8-9-18-16(11-13)14-5-4-6-15(19(14)22-18)17-7-2-1-3-10-21-17/h1-6,8-11H,7H2. The maximum Gasteiger partial charge on any atom is 0.0991 e. The molecule has 2 heterocycles. The first kappa shape index (κ1) is 13.0. The average Bonchev–Trinajstić information content (AvgIpc) is 2.73. The van der Waals surface area contributed by atoms with Crippen molar-refractivity contribution in [3.05, 3.63) is 72.0 Å². The molecule has 2 nitrogen and oxygen atoms in total. The fraction of sp³-hybridized carbons (Fsp3) is 0.0526. The fourth-order valence-corrected chi connectivity index (χ4v) is 3.99. The Kier molecular flexibility index (Phi) is 3.10. The van der Waals surface area contributed by atoms with E-state index in [1.54, 1.807) is 11.3 Å². The molecule has 0 saturated carbocycles. The first-order valence-electron chi connectivity index (χ1n) is 7.11. The van der Waals surface area contributed by atoms with Gasteiger partial charge in [0.1, 0.15) is 0 Å². The number of nitrogens with zero attached hydrogens (tertiary/aromatic N) is 2. The van der Waals surface area contributed by atoms with E-state index in [2.05, 4.69) is 35.3 Å². The molecule has 3 heteroatoms. The van der Waals surface area contributed by atoms with E-state index in [9.17, 15) is 0 Å². The summed E-state index contributed by atoms with van der Waals surface area (Å²) in [5.41, 5.74) is 2.98. The van der Waals surface area contributed by atoms with Crippen molar-refractivity contribution in [3.8, 4) is 6.07 Å². The third-order valence-electron chi connectivity index (χ3n) is 3.81. The van der Waals surface area contributed by atoms with Crippen LogP contribution in [-0.4, -0.2) is 5.71 Å². The van der Waals surface area contributed by atoms with Crippen LogP contribution in [0.25, 0.3) is 20.2 Å². The number of allylic oxidation sites excluding steroid dienone is 3. The first-order valence-corrected chi connectivity index (χ1v) is 7.92. The molecule has 0 amide bonds. The first-order chi connectivity index (χ1) is 10.9. The third kappa shape index (κ3) is 2.05. The van der Waals surface area contributed by atoms with Gasteiger partial charge in [-0.15, -0.1) is 11.3 Å². The van der Waals surface area contributed by atoms with Crippen LogP contribution < -0.4 is 0 Å². The van der Waals surface area contributed by atoms with Gasteiger partial charge in [0.15, 0.2) is 0 Å². The number of hydrogen-bond donors (Lipinski definition) is 0. The van der Waals surface area contributed by atoms with Gasteiger partial charge in [0.2, 0.25) is 0 Å². The monoisotopic (exact) mass is 300 g/mol. The van der Waals surface area contributed by atoms with Crippen LogP contribution in [0.1, 0.15) is 17.5 Å². The molecule has 4 rings (SSSR count). The summed E-state index contributed by atoms with van der Waals surface area (Å²) in [6.07, 6.45) is 8.79. The molecule has 0 bridgehead atoms. The van der Waals surface area contributed by atoms with E-state index in [1.165, 1.54) is 20.3 Å². The minimum Gasteiger partial charge on any atom is -0.260 e. The molecule has 0 aliphatic carbocycles. The molecule has 1 aliphatic heterocycles. The van der Waals surface area contributed by atoms with Gasteiger partial charge in [-0.3, -0.25) is 4.99 Å². The summed E-state index contributed by atoms with van der Waals surface area (Å²) in [6, 6.07) is 14.5. The number of benzene rings is 2. The number of hydrogen-bond acceptors (Lipinski definition) is 3. The van der Waals surface area contributed by atoms with E-state index in [4.69, 9.17) is 5.26 Å². The summed E-state index contributed by atoms with van der Waals surface area (Å²) in [7, 11) is 0. The van der Waals surface area contributed by atoms with Crippen LogP contribution in [0.2, 0.25) is 0 Å². The molecular formula is C19H12N2S. The van der Waals surface area contributed by atoms with E-state index in [-0.39, 0.29) is 0 Å². The third-order valence-corrected chi connectivity index (χ3v) is 5.03. The van der Waals surface area contributed by atoms with E-state index in [0.29, 0.717) is 5.56 Å². The molecule has 1 aromatic heterocycles. The minimum absolute atomic E-state index is 0.704. The Morgan fingerprint density at radius 1 is 1.09 bits per heavy atom. The van der Waals surface area contributed by atoms with Crippen molar-refractivity contribution in [2.24, 2.45) is 4.99 Å². The number of rotatable bonds is 1. The highest BCUT2D eigenvalue weighted by atomic mass is 32.1. The second-order valence-corrected chi connectivity index (χ2v) is 6.21. The van der Waals surface area contributed by atoms with E-state index in [1.807, 2.05) is 36.6 Å². The number of thiophene rings is 1. The van der Waals surface area contributed by atoms with Gasteiger partial charge in [-0.05, 0) is 24.3 Å². The van der Waals surface area contributed by atoms with Crippen LogP contribution >= 0.6 is 11.3 Å². The zero-order valence-electron chi connectivity index (χ0n) is 11.8. The number of nitriles is 1. The van der Waals surface area contributed by atoms with E-state index in [0.717, 1.165) is 17.5 Å². The van der Waals surface area contributed by atoms with Gasteiger partial charge in [-0.2, -0.15) is 5.26 Å². The van der Waals surface area contributed by atoms with Crippen LogP contribution in [0.4, 0.5) is 0 Å². The van der Waals surface area contributed by atoms with E-state index < -0.39 is 0 Å². The molecule has 104 valence electrons. The topological polar surface area (TPSA) is 36.1 Å². The van der Waals surface area contributed by atoms with Gasteiger partial charge < -0.3 is 0 Å². The summed E-state index contributed by atoms with van der Waals surface area (Å²) in [5.74, 6) is 0. The molecule has 3 aromatic rings. The van der Waals surface area contributed by atoms with Crippen molar-refractivity contribution >= 4 is 37.2 Å². The lowest BCUT2D eigenvalue weighted by atomic mass is 10.0. The molecule has 0 N–H and O–H groups in total. The van der Waals surface area contributed by atoms with Crippen molar-refractivity contribution in [3.63, 3.8) is 0 Å². The molecule has 0 saturated heterocycles. The fourth-order valence-electron chi connectivity index (χ4n) is 2.77. The Morgan fingerprint density at radius 2 is 2.05 bits per heavy atom. The molecule has 0 atom stereocenters. The molecule has 0 fully saturated rings. The normalized spacial score (nSPS) is 14.0. The van der Waals surface area contributed by atoms with Gasteiger partial charge >= 0.3 is 0 Å². The molecular weight excluding hydrogens is 288 g/mol. The minimum atomic E-state index is 0.704. The Balaban J connectivity index is 2.01. The number of fused-ring (bicyclic) bond motifs is 3. The van der Waals surface area contributed by atoms with Crippen LogP contribution in [0, 0.1) is 11.3 Å². The van der Waals surface area contributed by atoms with Gasteiger partial charge in [0.05, 0.1) is 17.3 Å². The Morgan fingerprint density at radius 3 is 2.95 bits per heavy atom. The van der Waals surface area contributed by atoms with Crippen molar-refractivity contribution in [2.45, 2.75) is 6.42 Å². The molecule has 1 aliphatic rings. The average molecular weight is 300 g/mol. The second-order valence-electron chi connectivity index (χ2n) is 5.16. The van der Waals surface area contributed by atoms with Gasteiger partial charge in [0, 0.05) is 38.4 Å². The quantitative estimate of drug-likeness (QED) is 0.609. The Bertz CT molecular complexity index is 1010. The highest BCUT2D eigenvalue weighted by Gasteiger charge is 2.12. The predicted molar refractivity (Wildman–Crippen MR) is 93.5 cm³/mol. The summed E-state index contributed by atoms with van der Waals surface area (Å²) < 4.78 is 2.46. The lowest BCUT2D eigenvalue weighted by molar-refractivity contribution is 1.43. The number of aliphatic imine (C=N–C) groups is 1. The summed E-state index contributed by atoms with van der Waals surface area (Å²) in [5, 5.41) is 11.5. The molecule has 0 radical (unpaired) electrons. The van der Waals surface area contributed by atoms with Crippen LogP contribution in [0.3, 0.4) is 0 Å². The molecule has 22 heavy (non-hydrogen) atoms. The van der Waals surface area contributed by atoms with Gasteiger partial charge in [0.25, 0.3) is 0 Å². The zero-order valence-corrected chi connectivity index (χ0v) is 12.6. The van der Waals surface area contributed by atoms with Gasteiger partial charge in [-0.25, -0.2) is 0 Å². The summed E-state index contributed by atoms with van der Waals surface area (Å²) in [4.78, 5) is 4.58. The Labute approximate surface area is 132 Å². The van der Waals surface area contributed by atoms with Crippen molar-refractivity contribution in [2.75, 3.05) is 0 Å². The van der Waals surface area contributed by atoms with Gasteiger partial charge in [-0.1, -0.05) is 30.4 Å². The largest absolute Gasteiger partial charge is 0.260 e. The lowest BCUT2D eigenvalue weighted by Crippen LogP contribution is -1.98. The zero-order chi connectivity index (χ0) is 14.9. The van der Waals surface area contributed by atoms with Crippen LogP contribution in [0.5, 0.6) is 0 Å². The highest BCUT2D eigenvalue weighted by molar-refractivity contribution is 7.26. The SMILES string of the molecule is N#Cc1ccc2sc3c(C4=NC=CC=CC4)cccc3c2c1. The van der Waals surface area contributed by atoms with Crippen molar-refractivity contribution in [1.82, 2.24) is 0 Å². The highest BCUT2D eigenvalue weighted by Crippen LogP contribution is 2.37. The molecule has 0 unspecified atom stereocenters. The predicted octanol–water partition coefficient (Wildman–Crippen LogP) is 5.19. The summed E-state index contributed by atoms with van der Waals surface area (Å²) in [6.45, 7) is 0. The molecule has 0 spiro atoms. The van der Waals surface area contributed by atoms with Crippen LogP contribution in [-0.2, 0) is 0 Å². The van der Waals surface area contributed by atoms with Crippen molar-refractivity contribution < 1.29 is 0 Å². The second kappa shape index (κ2) is 5.25. The van der Waals surface area contributed by atoms with Crippen molar-refractivity contribution in [1.29, 1.82) is 5.26 Å². The van der Waals surface area contributed by atoms with Crippen LogP contribution in [0.15, 0.2) is 65.8 Å².